The fourth-order valence-corrected chi connectivity index (χ4v) is 7.52. The second-order valence-electron chi connectivity index (χ2n) is 8.99. The van der Waals surface area contributed by atoms with Crippen LogP contribution < -0.4 is 5.32 Å². The Morgan fingerprint density at radius 3 is 2.29 bits per heavy atom. The van der Waals surface area contributed by atoms with Gasteiger partial charge in [0.1, 0.15) is 0 Å². The Hall–Kier alpha value is -0.340. The normalized spacial score (nSPS) is 44.4. The lowest BCUT2D eigenvalue weighted by atomic mass is 9.43. The first-order valence-corrected chi connectivity index (χ1v) is 9.56. The molecule has 4 bridgehead atoms. The molecule has 21 heavy (non-hydrogen) atoms. The maximum atomic E-state index is 4.04. The molecule has 1 N–H and O–H groups in total. The van der Waals surface area contributed by atoms with Gasteiger partial charge in [-0.25, -0.2) is 0 Å². The molecular weight excluding hydrogens is 274 g/mol. The second kappa shape index (κ2) is 4.58. The molecule has 2 heteroatoms. The Kier molecular flexibility index (Phi) is 3.11. The smallest absolute Gasteiger partial charge is 0.0305 e. The van der Waals surface area contributed by atoms with Gasteiger partial charge in [-0.2, -0.15) is 0 Å². The van der Waals surface area contributed by atoms with E-state index in [4.69, 9.17) is 0 Å². The summed E-state index contributed by atoms with van der Waals surface area (Å²) in [5.74, 6) is 0.985. The van der Waals surface area contributed by atoms with Crippen molar-refractivity contribution < 1.29 is 0 Å². The van der Waals surface area contributed by atoms with Gasteiger partial charge < -0.3 is 5.32 Å². The molecule has 5 rings (SSSR count). The van der Waals surface area contributed by atoms with Gasteiger partial charge in [0.25, 0.3) is 0 Å². The molecule has 0 amide bonds. The lowest BCUT2D eigenvalue weighted by Gasteiger charge is -2.65. The predicted molar refractivity (Wildman–Crippen MR) is 90.7 cm³/mol. The molecule has 4 aliphatic rings. The van der Waals surface area contributed by atoms with Crippen LogP contribution in [0.25, 0.3) is 0 Å². The Balaban J connectivity index is 1.51. The summed E-state index contributed by atoms with van der Waals surface area (Å²) in [6.45, 7) is 8.46. The van der Waals surface area contributed by atoms with Crippen LogP contribution in [0.5, 0.6) is 0 Å². The zero-order valence-electron chi connectivity index (χ0n) is 13.8. The minimum absolute atomic E-state index is 0.444. The molecule has 4 saturated carbocycles. The Labute approximate surface area is 133 Å². The van der Waals surface area contributed by atoms with E-state index in [0.717, 1.165) is 12.5 Å². The predicted octanol–water partition coefficient (Wildman–Crippen LogP) is 5.15. The topological polar surface area (TPSA) is 12.0 Å². The van der Waals surface area contributed by atoms with Crippen molar-refractivity contribution in [3.8, 4) is 0 Å². The highest BCUT2D eigenvalue weighted by atomic mass is 32.1. The third kappa shape index (κ3) is 2.49. The van der Waals surface area contributed by atoms with Gasteiger partial charge in [0.2, 0.25) is 0 Å². The SMILES string of the molecule is CCc1ccc(CNC23CC4CC(C)(CC(C)(C4)C2)C3)s1. The van der Waals surface area contributed by atoms with Gasteiger partial charge in [0.15, 0.2) is 0 Å². The summed E-state index contributed by atoms with van der Waals surface area (Å²) in [4.78, 5) is 3.05. The van der Waals surface area contributed by atoms with Crippen molar-refractivity contribution in [3.05, 3.63) is 21.9 Å². The molecule has 0 aromatic carbocycles. The first-order valence-electron chi connectivity index (χ1n) is 8.74. The van der Waals surface area contributed by atoms with Gasteiger partial charge >= 0.3 is 0 Å². The molecule has 0 aliphatic heterocycles. The minimum atomic E-state index is 0.444. The first-order chi connectivity index (χ1) is 9.92. The average molecular weight is 304 g/mol. The van der Waals surface area contributed by atoms with Gasteiger partial charge in [-0.05, 0) is 73.8 Å². The van der Waals surface area contributed by atoms with Crippen molar-refractivity contribution >= 4 is 11.3 Å². The van der Waals surface area contributed by atoms with Crippen molar-refractivity contribution in [2.75, 3.05) is 0 Å². The third-order valence-corrected chi connectivity index (χ3v) is 7.56. The zero-order valence-corrected chi connectivity index (χ0v) is 14.6. The van der Waals surface area contributed by atoms with Gasteiger partial charge in [0, 0.05) is 21.8 Å². The molecule has 0 radical (unpaired) electrons. The monoisotopic (exact) mass is 303 g/mol. The van der Waals surface area contributed by atoms with Crippen LogP contribution in [0.3, 0.4) is 0 Å². The van der Waals surface area contributed by atoms with Crippen molar-refractivity contribution in [3.63, 3.8) is 0 Å². The van der Waals surface area contributed by atoms with E-state index in [2.05, 4.69) is 38.2 Å². The number of nitrogens with one attached hydrogen (secondary N) is 1. The highest BCUT2D eigenvalue weighted by Crippen LogP contribution is 2.66. The second-order valence-corrected chi connectivity index (χ2v) is 10.2. The van der Waals surface area contributed by atoms with Gasteiger partial charge in [-0.15, -0.1) is 11.3 Å². The molecule has 1 aromatic heterocycles. The minimum Gasteiger partial charge on any atom is -0.306 e. The molecule has 0 spiro atoms. The summed E-state index contributed by atoms with van der Waals surface area (Å²) in [5, 5.41) is 4.04. The van der Waals surface area contributed by atoms with Gasteiger partial charge in [-0.1, -0.05) is 20.8 Å². The number of hydrogen-bond acceptors (Lipinski definition) is 2. The molecule has 0 saturated heterocycles. The standard InChI is InChI=1S/C19H29NS/c1-4-15-5-6-16(21-15)10-20-19-9-14-7-17(2,12-19)11-18(3,8-14)13-19/h5-6,14,20H,4,7-13H2,1-3H3. The van der Waals surface area contributed by atoms with Gasteiger partial charge in [0.05, 0.1) is 0 Å². The van der Waals surface area contributed by atoms with E-state index < -0.39 is 0 Å². The third-order valence-electron chi connectivity index (χ3n) is 6.33. The molecular formula is C19H29NS. The molecule has 4 fully saturated rings. The average Bonchev–Trinajstić information content (AvgIpc) is 2.80. The maximum absolute atomic E-state index is 4.04. The molecule has 1 nitrogen and oxygen atoms in total. The van der Waals surface area contributed by atoms with E-state index in [9.17, 15) is 0 Å². The van der Waals surface area contributed by atoms with Gasteiger partial charge in [-0.3, -0.25) is 0 Å². The summed E-state index contributed by atoms with van der Waals surface area (Å²) in [5.41, 5.74) is 1.68. The maximum Gasteiger partial charge on any atom is 0.0305 e. The number of thiophene rings is 1. The quantitative estimate of drug-likeness (QED) is 0.811. The highest BCUT2D eigenvalue weighted by Gasteiger charge is 2.59. The van der Waals surface area contributed by atoms with E-state index >= 15 is 0 Å². The first kappa shape index (κ1) is 14.3. The van der Waals surface area contributed by atoms with Crippen LogP contribution in [-0.2, 0) is 13.0 Å². The van der Waals surface area contributed by atoms with Crippen LogP contribution in [0, 0.1) is 16.7 Å². The summed E-state index contributed by atoms with van der Waals surface area (Å²) in [6.07, 6.45) is 9.89. The number of hydrogen-bond donors (Lipinski definition) is 1. The Morgan fingerprint density at radius 1 is 1.05 bits per heavy atom. The van der Waals surface area contributed by atoms with E-state index in [1.165, 1.54) is 54.7 Å². The van der Waals surface area contributed by atoms with Crippen LogP contribution in [-0.4, -0.2) is 5.54 Å². The molecule has 116 valence electrons. The van der Waals surface area contributed by atoms with Crippen molar-refractivity contribution in [1.29, 1.82) is 0 Å². The molecule has 2 unspecified atom stereocenters. The fourth-order valence-electron chi connectivity index (χ4n) is 6.63. The summed E-state index contributed by atoms with van der Waals surface area (Å²) < 4.78 is 0. The summed E-state index contributed by atoms with van der Waals surface area (Å²) in [7, 11) is 0. The Bertz CT molecular complexity index is 528. The van der Waals surface area contributed by atoms with E-state index in [1.807, 2.05) is 11.3 Å². The van der Waals surface area contributed by atoms with E-state index in [1.54, 1.807) is 0 Å². The summed E-state index contributed by atoms with van der Waals surface area (Å²) >= 11 is 2.00. The van der Waals surface area contributed by atoms with Crippen molar-refractivity contribution in [2.24, 2.45) is 16.7 Å². The highest BCUT2D eigenvalue weighted by molar-refractivity contribution is 7.11. The number of rotatable bonds is 4. The van der Waals surface area contributed by atoms with Crippen LogP contribution in [0.2, 0.25) is 0 Å². The zero-order chi connectivity index (χ0) is 14.7. The lowest BCUT2D eigenvalue weighted by molar-refractivity contribution is -0.118. The van der Waals surface area contributed by atoms with Crippen LogP contribution in [0.4, 0.5) is 0 Å². The fraction of sp³-hybridized carbons (Fsp3) is 0.789. The van der Waals surface area contributed by atoms with E-state index in [0.29, 0.717) is 16.4 Å². The van der Waals surface area contributed by atoms with Crippen LogP contribution in [0.1, 0.15) is 69.1 Å². The van der Waals surface area contributed by atoms with Crippen molar-refractivity contribution in [2.45, 2.75) is 77.8 Å². The van der Waals surface area contributed by atoms with Crippen molar-refractivity contribution in [1.82, 2.24) is 5.32 Å². The summed E-state index contributed by atoms with van der Waals surface area (Å²) in [6, 6.07) is 4.64. The molecule has 1 aromatic rings. The van der Waals surface area contributed by atoms with Crippen LogP contribution >= 0.6 is 11.3 Å². The molecule has 2 atom stereocenters. The molecule has 4 aliphatic carbocycles. The number of aryl methyl sites for hydroxylation is 1. The van der Waals surface area contributed by atoms with E-state index in [-0.39, 0.29) is 0 Å². The molecule has 1 heterocycles. The lowest BCUT2D eigenvalue weighted by Crippen LogP contribution is -2.63. The Morgan fingerprint density at radius 2 is 1.71 bits per heavy atom. The van der Waals surface area contributed by atoms with Crippen LogP contribution in [0.15, 0.2) is 12.1 Å². The largest absolute Gasteiger partial charge is 0.306 e.